The van der Waals surface area contributed by atoms with E-state index < -0.39 is 238 Å². The number of amides is 13. The highest BCUT2D eigenvalue weighted by molar-refractivity contribution is 6.00. The third kappa shape index (κ3) is 28.7. The summed E-state index contributed by atoms with van der Waals surface area (Å²) in [7, 11) is 0. The van der Waals surface area contributed by atoms with Crippen LogP contribution in [0.1, 0.15) is 91.0 Å². The molecule has 0 saturated heterocycles. The quantitative estimate of drug-likeness (QED) is 0.0270. The molecule has 92 heavy (non-hydrogen) atoms. The lowest BCUT2D eigenvalue weighted by Gasteiger charge is -2.29. The summed E-state index contributed by atoms with van der Waals surface area (Å²) >= 11 is 0. The summed E-state index contributed by atoms with van der Waals surface area (Å²) < 4.78 is 0. The van der Waals surface area contributed by atoms with Gasteiger partial charge in [-0.15, -0.1) is 0 Å². The molecule has 516 valence electrons. The topological polar surface area (TPSA) is 654 Å². The van der Waals surface area contributed by atoms with Gasteiger partial charge in [-0.3, -0.25) is 67.1 Å². The summed E-state index contributed by atoms with van der Waals surface area (Å²) in [6.07, 6.45) is -4.73. The van der Waals surface area contributed by atoms with Crippen molar-refractivity contribution in [3.8, 4) is 5.75 Å². The molecule has 13 amide bonds. The minimum absolute atomic E-state index is 0.0717. The van der Waals surface area contributed by atoms with Gasteiger partial charge >= 0.3 is 11.9 Å². The van der Waals surface area contributed by atoms with Crippen molar-refractivity contribution < 1.29 is 113 Å². The van der Waals surface area contributed by atoms with Gasteiger partial charge in [0.1, 0.15) is 72.2 Å². The summed E-state index contributed by atoms with van der Waals surface area (Å²) in [5.74, 6) is -19.2. The second kappa shape index (κ2) is 41.2. The number of benzene rings is 1. The molecule has 14 atom stereocenters. The number of carbonyl (C=O) groups is 15. The molecular weight excluding hydrogens is 1230 g/mol. The van der Waals surface area contributed by atoms with Gasteiger partial charge in [-0.1, -0.05) is 32.4 Å². The molecule has 1 aromatic carbocycles. The van der Waals surface area contributed by atoms with Crippen molar-refractivity contribution in [2.24, 2.45) is 28.9 Å². The monoisotopic (exact) mass is 1310 g/mol. The van der Waals surface area contributed by atoms with Crippen molar-refractivity contribution in [3.63, 3.8) is 0 Å². The summed E-state index contributed by atoms with van der Waals surface area (Å²) in [4.78, 5) is 195. The van der Waals surface area contributed by atoms with Gasteiger partial charge in [0.05, 0.1) is 45.0 Å². The zero-order valence-electron chi connectivity index (χ0n) is 51.0. The minimum Gasteiger partial charge on any atom is -0.508 e. The molecule has 0 aliphatic rings. The van der Waals surface area contributed by atoms with Gasteiger partial charge in [0.2, 0.25) is 76.8 Å². The van der Waals surface area contributed by atoms with Gasteiger partial charge in [-0.25, -0.2) is 4.79 Å². The van der Waals surface area contributed by atoms with Crippen LogP contribution in [0.2, 0.25) is 0 Å². The third-order valence-electron chi connectivity index (χ3n) is 13.7. The highest BCUT2D eigenvalue weighted by atomic mass is 16.4. The molecule has 0 unspecified atom stereocenters. The molecule has 0 bridgehead atoms. The van der Waals surface area contributed by atoms with E-state index in [-0.39, 0.29) is 37.1 Å². The first-order valence-corrected chi connectivity index (χ1v) is 28.9. The first-order valence-electron chi connectivity index (χ1n) is 28.9. The Hall–Kier alpha value is -9.21. The third-order valence-corrected chi connectivity index (χ3v) is 13.7. The van der Waals surface area contributed by atoms with Crippen LogP contribution < -0.4 is 81.4 Å². The zero-order valence-corrected chi connectivity index (χ0v) is 51.0. The second-order valence-electron chi connectivity index (χ2n) is 21.3. The van der Waals surface area contributed by atoms with Gasteiger partial charge in [0, 0.05) is 19.3 Å². The van der Waals surface area contributed by atoms with E-state index in [1.807, 2.05) is 21.3 Å². The number of aromatic hydroxyl groups is 1. The predicted octanol–water partition coefficient (Wildman–Crippen LogP) is -10.8. The second-order valence-corrected chi connectivity index (χ2v) is 21.3. The average Bonchev–Trinajstić information content (AvgIpc) is 3.57. The fraction of sp³-hybridized carbons (Fsp3) is 0.611. The van der Waals surface area contributed by atoms with Crippen molar-refractivity contribution in [3.05, 3.63) is 29.8 Å². The number of unbranched alkanes of at least 4 members (excludes halogenated alkanes) is 1. The summed E-state index contributed by atoms with van der Waals surface area (Å²) in [5, 5.41) is 104. The number of phenolic OH excluding ortho intramolecular Hbond substituents is 1. The number of hydrogen-bond donors (Lipinski definition) is 23. The number of rotatable bonds is 44. The van der Waals surface area contributed by atoms with Crippen molar-refractivity contribution in [2.75, 3.05) is 33.0 Å². The SMILES string of the molecule is CC[C@H](C)[C@H](NC(=O)[C@H](CCCCN)NC(=O)[C@H](CC(N)=O)NC(=O)[C@H](C)N)C(=O)N[C@@H](CO)C(=O)N[C@@H](Cc1ccc(O)cc1)C(=O)N[C@@H](CCC(N)=O)C(=O)N[C@@H](CO)C(=O)N[C@@H](CO)C(=O)N[C@H](CO)C(=O)N[C@H](C(=O)N[C@H](CCC(=O)O)C(=O)O)[C@@H](C)O. The van der Waals surface area contributed by atoms with Crippen molar-refractivity contribution >= 4 is 88.7 Å². The number of primary amides is 2. The lowest BCUT2D eigenvalue weighted by atomic mass is 9.97. The standard InChI is InChI=1S/C54H87N15O23/c1-5-24(2)41(68-45(82)29(8-6-7-17-55)59-47(84)33(19-39(58)77)62-43(80)25(3)56)52(89)67-36(22-72)48(85)63-32(18-27-9-11-28(75)12-10-27)46(83)60-30(13-15-38(57)76)44(81)64-34(20-70)49(86)65-35(21-71)50(87)66-37(23-73)51(88)69-42(26(4)74)53(90)61-31(54(91)92)14-16-40(78)79/h9-12,24-26,29-37,41-42,70-75H,5-8,13-23,55-56H2,1-4H3,(H2,57,76)(H2,58,77)(H,59,84)(H,60,83)(H,61,90)(H,62,80)(H,63,85)(H,64,81)(H,65,86)(H,66,87)(H,67,89)(H,68,82)(H,69,88)(H,78,79)(H,91,92)/t24-,25-,26+,29-,30-,31+,32-,33-,34-,35-,36-,37+,41-,42-/m0/s1. The summed E-state index contributed by atoms with van der Waals surface area (Å²) in [6, 6.07) is -16.0. The molecule has 0 radical (unpaired) electrons. The first-order chi connectivity index (χ1) is 43.2. The molecular formula is C54H87N15O23. The number of carbonyl (C=O) groups excluding carboxylic acids is 13. The highest BCUT2D eigenvalue weighted by Gasteiger charge is 2.38. The number of aliphatic carboxylic acids is 2. The fourth-order valence-corrected chi connectivity index (χ4v) is 8.18. The largest absolute Gasteiger partial charge is 0.508 e. The summed E-state index contributed by atoms with van der Waals surface area (Å²) in [6.45, 7) is 0.740. The van der Waals surface area contributed by atoms with E-state index in [0.29, 0.717) is 6.42 Å². The Morgan fingerprint density at radius 3 is 1.24 bits per heavy atom. The van der Waals surface area contributed by atoms with Crippen LogP contribution >= 0.6 is 0 Å². The Labute approximate surface area is 526 Å². The molecule has 0 saturated carbocycles. The number of hydrogen-bond acceptors (Lipinski definition) is 23. The molecule has 0 aliphatic heterocycles. The molecule has 0 fully saturated rings. The maximum Gasteiger partial charge on any atom is 0.326 e. The van der Waals surface area contributed by atoms with Crippen LogP contribution in [0, 0.1) is 5.92 Å². The number of carboxylic acid groups (broad SMARTS) is 2. The van der Waals surface area contributed by atoms with E-state index in [2.05, 4.69) is 37.2 Å². The zero-order chi connectivity index (χ0) is 70.1. The maximum atomic E-state index is 14.3. The Morgan fingerprint density at radius 1 is 0.446 bits per heavy atom. The lowest BCUT2D eigenvalue weighted by Crippen LogP contribution is -2.63. The summed E-state index contributed by atoms with van der Waals surface area (Å²) in [5.41, 5.74) is 22.2. The number of aliphatic hydroxyl groups excluding tert-OH is 5. The first kappa shape index (κ1) is 80.8. The molecule has 1 aromatic rings. The molecule has 1 rings (SSSR count). The Balaban J connectivity index is 3.50. The predicted molar refractivity (Wildman–Crippen MR) is 316 cm³/mol. The van der Waals surface area contributed by atoms with Gasteiger partial charge in [0.25, 0.3) is 0 Å². The van der Waals surface area contributed by atoms with Crippen LogP contribution in [0.3, 0.4) is 0 Å². The molecule has 38 heteroatoms. The number of nitrogens with two attached hydrogens (primary N) is 4. The maximum absolute atomic E-state index is 14.3. The van der Waals surface area contributed by atoms with Gasteiger partial charge in [0.15, 0.2) is 0 Å². The van der Waals surface area contributed by atoms with E-state index in [0.717, 1.165) is 6.92 Å². The molecule has 38 nitrogen and oxygen atoms in total. The minimum atomic E-state index is -2.06. The van der Waals surface area contributed by atoms with Gasteiger partial charge in [-0.2, -0.15) is 0 Å². The Kier molecular flexibility index (Phi) is 36.2. The smallest absolute Gasteiger partial charge is 0.326 e. The van der Waals surface area contributed by atoms with E-state index in [9.17, 15) is 108 Å². The number of aliphatic hydroxyl groups is 5. The average molecular weight is 1310 g/mol. The van der Waals surface area contributed by atoms with Gasteiger partial charge < -0.3 is 122 Å². The van der Waals surface area contributed by atoms with Crippen molar-refractivity contribution in [1.29, 1.82) is 0 Å². The fourth-order valence-electron chi connectivity index (χ4n) is 8.18. The van der Waals surface area contributed by atoms with Crippen LogP contribution in [0.25, 0.3) is 0 Å². The molecule has 0 heterocycles. The van der Waals surface area contributed by atoms with Crippen LogP contribution in [0.4, 0.5) is 0 Å². The van der Waals surface area contributed by atoms with Crippen LogP contribution in [-0.4, -0.2) is 241 Å². The van der Waals surface area contributed by atoms with E-state index in [1.54, 1.807) is 13.8 Å². The Morgan fingerprint density at radius 2 is 0.815 bits per heavy atom. The van der Waals surface area contributed by atoms with E-state index >= 15 is 0 Å². The number of carboxylic acids is 2. The van der Waals surface area contributed by atoms with E-state index in [1.165, 1.54) is 31.2 Å². The van der Waals surface area contributed by atoms with Crippen LogP contribution in [-0.2, 0) is 78.3 Å². The molecule has 0 aliphatic carbocycles. The van der Waals surface area contributed by atoms with Crippen molar-refractivity contribution in [2.45, 2.75) is 171 Å². The van der Waals surface area contributed by atoms with Crippen LogP contribution in [0.15, 0.2) is 24.3 Å². The highest BCUT2D eigenvalue weighted by Crippen LogP contribution is 2.14. The lowest BCUT2D eigenvalue weighted by molar-refractivity contribution is -0.144. The molecule has 27 N–H and O–H groups in total. The molecule has 0 aromatic heterocycles. The Bertz CT molecular complexity index is 2720. The van der Waals surface area contributed by atoms with E-state index in [4.69, 9.17) is 28.0 Å². The number of phenols is 1. The molecule has 0 spiro atoms. The normalized spacial score (nSPS) is 15.6. The van der Waals surface area contributed by atoms with Crippen molar-refractivity contribution in [1.82, 2.24) is 58.5 Å². The van der Waals surface area contributed by atoms with Gasteiger partial charge in [-0.05, 0) is 76.1 Å². The van der Waals surface area contributed by atoms with Crippen LogP contribution in [0.5, 0.6) is 5.75 Å². The number of nitrogens with one attached hydrogen (secondary N) is 11.